The van der Waals surface area contributed by atoms with E-state index in [0.29, 0.717) is 0 Å². The van der Waals surface area contributed by atoms with E-state index in [4.69, 9.17) is 0 Å². The Morgan fingerprint density at radius 1 is 0.583 bits per heavy atom. The normalized spacial score (nSPS) is 10.9. The Kier molecular flexibility index (Phi) is 7.73. The average Bonchev–Trinajstić information content (AvgIpc) is 2.64. The van der Waals surface area contributed by atoms with Gasteiger partial charge < -0.3 is 0 Å². The van der Waals surface area contributed by atoms with Gasteiger partial charge in [0.15, 0.2) is 0 Å². The number of hydrogen-bond acceptors (Lipinski definition) is 0. The zero-order chi connectivity index (χ0) is 16.5. The van der Waals surface area contributed by atoms with Crippen LogP contribution in [0.15, 0.2) is 91.0 Å². The van der Waals surface area contributed by atoms with E-state index in [9.17, 15) is 0 Å². The van der Waals surface area contributed by atoms with Crippen molar-refractivity contribution in [1.82, 2.24) is 0 Å². The predicted octanol–water partition coefficient (Wildman–Crippen LogP) is 3.81. The molecule has 0 aromatic heterocycles. The van der Waals surface area contributed by atoms with Crippen LogP contribution < -0.4 is 7.22 Å². The first-order chi connectivity index (χ1) is 11.9. The number of benzene rings is 3. The van der Waals surface area contributed by atoms with Crippen molar-refractivity contribution in [2.45, 2.75) is 21.3 Å². The van der Waals surface area contributed by atoms with Gasteiger partial charge in [0.05, 0.1) is 0 Å². The zero-order valence-electron chi connectivity index (χ0n) is 13.7. The number of aryl methyl sites for hydroxylation is 1. The summed E-state index contributed by atoms with van der Waals surface area (Å²) < 4.78 is 4.21. The van der Waals surface area contributed by atoms with Crippen LogP contribution in [0.2, 0.25) is 2.01 Å². The van der Waals surface area contributed by atoms with Gasteiger partial charge in [0.25, 0.3) is 0 Å². The fourth-order valence-corrected chi connectivity index (χ4v) is 13.0. The molecule has 0 aliphatic heterocycles. The van der Waals surface area contributed by atoms with Gasteiger partial charge >= 0.3 is 167 Å². The maximum atomic E-state index is 2.34. The number of rotatable bonds is 8. The maximum absolute atomic E-state index is 2.34. The number of hydrogen-bond donors (Lipinski definition) is 0. The van der Waals surface area contributed by atoms with E-state index in [-0.39, 0.29) is 41.8 Å². The van der Waals surface area contributed by atoms with Gasteiger partial charge in [-0.2, -0.15) is 0 Å². The fourth-order valence-electron chi connectivity index (χ4n) is 2.56. The summed E-state index contributed by atoms with van der Waals surface area (Å²) in [6, 6.07) is 33.4. The third-order valence-electron chi connectivity index (χ3n) is 3.77. The van der Waals surface area contributed by atoms with Crippen LogP contribution in [0.1, 0.15) is 18.4 Å². The summed E-state index contributed by atoms with van der Waals surface area (Å²) in [7, 11) is 0. The van der Waals surface area contributed by atoms with Crippen molar-refractivity contribution in [2.75, 3.05) is 0 Å². The molecule has 0 saturated heterocycles. The van der Waals surface area contributed by atoms with Gasteiger partial charge in [0.2, 0.25) is 0 Å². The summed E-state index contributed by atoms with van der Waals surface area (Å²) in [5.41, 5.74) is 1.48. The molecule has 3 rings (SSSR count). The van der Waals surface area contributed by atoms with Gasteiger partial charge in [-0.05, 0) is 0 Å². The summed E-state index contributed by atoms with van der Waals surface area (Å²) in [5.74, 6) is 0. The van der Waals surface area contributed by atoms with Crippen molar-refractivity contribution < 1.29 is 0 Å². The van der Waals surface area contributed by atoms with Crippen LogP contribution in [0.3, 0.4) is 0 Å². The van der Waals surface area contributed by atoms with Crippen molar-refractivity contribution in [3.8, 4) is 0 Å². The molecule has 0 N–H and O–H groups in total. The first kappa shape index (κ1) is 18.0. The summed E-state index contributed by atoms with van der Waals surface area (Å²) in [4.78, 5) is 0. The molecular weight excluding hydrogens is 519 g/mol. The molecule has 0 amide bonds. The second-order valence-electron chi connectivity index (χ2n) is 5.67. The summed E-state index contributed by atoms with van der Waals surface area (Å²) in [6.07, 6.45) is 3.94. The van der Waals surface area contributed by atoms with Gasteiger partial charge in [-0.25, -0.2) is 0 Å². The van der Waals surface area contributed by atoms with Crippen LogP contribution in [0.4, 0.5) is 0 Å². The van der Waals surface area contributed by atoms with Crippen molar-refractivity contribution in [2.24, 2.45) is 0 Å². The Labute approximate surface area is 165 Å². The molecule has 0 atom stereocenters. The van der Waals surface area contributed by atoms with Crippen LogP contribution >= 0.6 is 0 Å². The third-order valence-corrected chi connectivity index (χ3v) is 13.4. The Morgan fingerprint density at radius 3 is 1.54 bits per heavy atom. The topological polar surface area (TPSA) is 0 Å². The molecule has 122 valence electrons. The summed E-state index contributed by atoms with van der Waals surface area (Å²) in [6.45, 7) is 0. The fraction of sp³-hybridized carbons (Fsp3) is 0.182. The molecule has 0 aliphatic rings. The summed E-state index contributed by atoms with van der Waals surface area (Å²) >= 11 is -0.186. The molecule has 0 aliphatic carbocycles. The average molecular weight is 542 g/mol. The molecule has 24 heavy (non-hydrogen) atoms. The molecule has 0 radical (unpaired) electrons. The van der Waals surface area contributed by atoms with Crippen LogP contribution in [-0.4, -0.2) is 41.8 Å². The Hall–Kier alpha value is -0.761. The van der Waals surface area contributed by atoms with E-state index in [1.165, 1.54) is 24.8 Å². The van der Waals surface area contributed by atoms with E-state index in [2.05, 4.69) is 91.0 Å². The predicted molar refractivity (Wildman–Crippen MR) is 107 cm³/mol. The molecular formula is C22H22Te2. The first-order valence-electron chi connectivity index (χ1n) is 8.37. The van der Waals surface area contributed by atoms with Gasteiger partial charge in [0.1, 0.15) is 0 Å². The van der Waals surface area contributed by atoms with E-state index in [0.717, 1.165) is 2.01 Å². The SMILES string of the molecule is c1ccc(CCCC([Te]c2ccccc2)[Te]c2ccccc2)cc1. The van der Waals surface area contributed by atoms with Crippen LogP contribution in [0.5, 0.6) is 0 Å². The monoisotopic (exact) mass is 546 g/mol. The molecule has 0 unspecified atom stereocenters. The van der Waals surface area contributed by atoms with Crippen LogP contribution in [-0.2, 0) is 6.42 Å². The molecule has 0 spiro atoms. The van der Waals surface area contributed by atoms with Crippen LogP contribution in [0.25, 0.3) is 0 Å². The van der Waals surface area contributed by atoms with E-state index in [1.807, 2.05) is 0 Å². The molecule has 0 nitrogen and oxygen atoms in total. The third kappa shape index (κ3) is 6.27. The molecule has 0 bridgehead atoms. The van der Waals surface area contributed by atoms with Gasteiger partial charge in [0, 0.05) is 0 Å². The van der Waals surface area contributed by atoms with E-state index >= 15 is 0 Å². The Balaban J connectivity index is 1.60. The summed E-state index contributed by atoms with van der Waals surface area (Å²) in [5, 5.41) is 0. The van der Waals surface area contributed by atoms with Crippen molar-refractivity contribution in [3.05, 3.63) is 96.6 Å². The standard InChI is InChI=1S/C22H22Te2/c1-4-11-19(12-5-1)13-10-18-22(23-20-14-6-2-7-15-20)24-21-16-8-3-9-17-21/h1-9,11-12,14-17,22H,10,13,18H2. The molecule has 0 fully saturated rings. The Morgan fingerprint density at radius 2 is 1.04 bits per heavy atom. The molecule has 0 saturated carbocycles. The van der Waals surface area contributed by atoms with Crippen LogP contribution in [0, 0.1) is 0 Å². The van der Waals surface area contributed by atoms with Crippen molar-refractivity contribution in [3.63, 3.8) is 0 Å². The molecule has 3 aromatic rings. The van der Waals surface area contributed by atoms with Gasteiger partial charge in [-0.3, -0.25) is 0 Å². The molecule has 2 heteroatoms. The first-order valence-corrected chi connectivity index (χ1v) is 13.4. The minimum absolute atomic E-state index is 0.0932. The van der Waals surface area contributed by atoms with Gasteiger partial charge in [-0.15, -0.1) is 0 Å². The second kappa shape index (κ2) is 10.3. The van der Waals surface area contributed by atoms with Crippen molar-refractivity contribution >= 4 is 49.1 Å². The minimum atomic E-state index is -0.0932. The van der Waals surface area contributed by atoms with E-state index in [1.54, 1.807) is 7.22 Å². The second-order valence-corrected chi connectivity index (χ2v) is 15.8. The molecule has 3 aromatic carbocycles. The Bertz CT molecular complexity index is 654. The quantitative estimate of drug-likeness (QED) is 0.381. The molecule has 0 heterocycles. The zero-order valence-corrected chi connectivity index (χ0v) is 18.3. The van der Waals surface area contributed by atoms with Gasteiger partial charge in [-0.1, -0.05) is 0 Å². The van der Waals surface area contributed by atoms with Crippen molar-refractivity contribution in [1.29, 1.82) is 0 Å². The van der Waals surface area contributed by atoms with E-state index < -0.39 is 0 Å².